The standard InChI is InChI=1S/C19H28O2/c1-11-8-18-13(10-20)3-5-16(18)17-6-2-12-9-14(21)4-7-15(12)19(11)17/h9,11,13,15-20H,2-8,10H2,1H3/t11-,13+,15-,16-,17-,18+,19+/m0/s1. The van der Waals surface area contributed by atoms with Crippen LogP contribution >= 0.6 is 0 Å². The van der Waals surface area contributed by atoms with Gasteiger partial charge in [0.2, 0.25) is 0 Å². The van der Waals surface area contributed by atoms with E-state index < -0.39 is 0 Å². The number of rotatable bonds is 1. The fourth-order valence-corrected chi connectivity index (χ4v) is 6.60. The Bertz CT molecular complexity index is 466. The Labute approximate surface area is 128 Å². The average Bonchev–Trinajstić information content (AvgIpc) is 2.89. The molecule has 0 aliphatic heterocycles. The number of allylic oxidation sites excluding steroid dienone is 1. The normalized spacial score (nSPS) is 49.1. The van der Waals surface area contributed by atoms with E-state index in [4.69, 9.17) is 0 Å². The van der Waals surface area contributed by atoms with Crippen LogP contribution in [0.25, 0.3) is 0 Å². The van der Waals surface area contributed by atoms with Crippen molar-refractivity contribution in [1.29, 1.82) is 0 Å². The molecule has 0 aromatic heterocycles. The lowest BCUT2D eigenvalue weighted by Gasteiger charge is -2.52. The first-order chi connectivity index (χ1) is 10.2. The first kappa shape index (κ1) is 14.0. The van der Waals surface area contributed by atoms with Gasteiger partial charge in [-0.25, -0.2) is 0 Å². The molecule has 3 fully saturated rings. The summed E-state index contributed by atoms with van der Waals surface area (Å²) in [5.74, 6) is 5.73. The van der Waals surface area contributed by atoms with E-state index in [1.165, 1.54) is 31.3 Å². The number of carbonyl (C=O) groups excluding carboxylic acids is 1. The number of hydrogen-bond donors (Lipinski definition) is 1. The second kappa shape index (κ2) is 5.22. The van der Waals surface area contributed by atoms with Crippen LogP contribution in [0.5, 0.6) is 0 Å². The van der Waals surface area contributed by atoms with Gasteiger partial charge in [0.25, 0.3) is 0 Å². The SMILES string of the molecule is C[C@H]1C[C@@H]2[C@@H](CO)CC[C@H]2[C@@H]2CCC3=CC(=O)CC[C@@H]3[C@H]21. The molecule has 0 heterocycles. The lowest BCUT2D eigenvalue weighted by atomic mass is 9.52. The van der Waals surface area contributed by atoms with Gasteiger partial charge in [-0.15, -0.1) is 0 Å². The first-order valence-corrected chi connectivity index (χ1v) is 9.03. The fraction of sp³-hybridized carbons (Fsp3) is 0.842. The van der Waals surface area contributed by atoms with E-state index in [2.05, 4.69) is 6.92 Å². The maximum absolute atomic E-state index is 11.7. The van der Waals surface area contributed by atoms with Gasteiger partial charge in [-0.05, 0) is 86.0 Å². The summed E-state index contributed by atoms with van der Waals surface area (Å²) >= 11 is 0. The van der Waals surface area contributed by atoms with Gasteiger partial charge in [0, 0.05) is 13.0 Å². The molecule has 3 saturated carbocycles. The molecular formula is C19H28O2. The molecule has 0 amide bonds. The summed E-state index contributed by atoms with van der Waals surface area (Å²) in [6.07, 6.45) is 10.2. The summed E-state index contributed by atoms with van der Waals surface area (Å²) in [6, 6.07) is 0. The maximum Gasteiger partial charge on any atom is 0.155 e. The average molecular weight is 288 g/mol. The summed E-state index contributed by atoms with van der Waals surface area (Å²) < 4.78 is 0. The van der Waals surface area contributed by atoms with Gasteiger partial charge in [0.15, 0.2) is 5.78 Å². The van der Waals surface area contributed by atoms with Gasteiger partial charge in [-0.1, -0.05) is 12.5 Å². The van der Waals surface area contributed by atoms with Crippen LogP contribution in [0.4, 0.5) is 0 Å². The summed E-state index contributed by atoms with van der Waals surface area (Å²) in [7, 11) is 0. The topological polar surface area (TPSA) is 37.3 Å². The van der Waals surface area contributed by atoms with E-state index in [1.807, 2.05) is 6.08 Å². The minimum absolute atomic E-state index is 0.363. The van der Waals surface area contributed by atoms with E-state index in [-0.39, 0.29) is 0 Å². The Morgan fingerprint density at radius 2 is 1.95 bits per heavy atom. The van der Waals surface area contributed by atoms with Gasteiger partial charge in [-0.3, -0.25) is 4.79 Å². The van der Waals surface area contributed by atoms with Crippen molar-refractivity contribution in [2.45, 2.75) is 51.9 Å². The summed E-state index contributed by atoms with van der Waals surface area (Å²) in [5.41, 5.74) is 1.48. The number of fused-ring (bicyclic) bond motifs is 5. The molecule has 0 spiro atoms. The first-order valence-electron chi connectivity index (χ1n) is 9.03. The predicted molar refractivity (Wildman–Crippen MR) is 82.6 cm³/mol. The zero-order chi connectivity index (χ0) is 14.6. The van der Waals surface area contributed by atoms with Gasteiger partial charge < -0.3 is 5.11 Å². The van der Waals surface area contributed by atoms with Crippen LogP contribution in [0, 0.1) is 41.4 Å². The number of aliphatic hydroxyl groups is 1. The van der Waals surface area contributed by atoms with Crippen LogP contribution in [-0.4, -0.2) is 17.5 Å². The molecule has 0 bridgehead atoms. The Morgan fingerprint density at radius 1 is 1.10 bits per heavy atom. The van der Waals surface area contributed by atoms with Crippen LogP contribution in [-0.2, 0) is 4.79 Å². The van der Waals surface area contributed by atoms with Crippen molar-refractivity contribution < 1.29 is 9.90 Å². The van der Waals surface area contributed by atoms with Gasteiger partial charge >= 0.3 is 0 Å². The van der Waals surface area contributed by atoms with Gasteiger partial charge in [-0.2, -0.15) is 0 Å². The molecule has 4 rings (SSSR count). The molecule has 2 nitrogen and oxygen atoms in total. The van der Waals surface area contributed by atoms with Gasteiger partial charge in [0.05, 0.1) is 0 Å². The highest BCUT2D eigenvalue weighted by Gasteiger charge is 2.52. The minimum atomic E-state index is 0.363. The highest BCUT2D eigenvalue weighted by molar-refractivity contribution is 5.91. The quantitative estimate of drug-likeness (QED) is 0.800. The second-order valence-electron chi connectivity index (χ2n) is 8.17. The molecule has 116 valence electrons. The van der Waals surface area contributed by atoms with Crippen molar-refractivity contribution in [3.63, 3.8) is 0 Å². The van der Waals surface area contributed by atoms with Crippen molar-refractivity contribution >= 4 is 5.78 Å². The van der Waals surface area contributed by atoms with Crippen molar-refractivity contribution in [3.8, 4) is 0 Å². The zero-order valence-electron chi connectivity index (χ0n) is 13.1. The van der Waals surface area contributed by atoms with E-state index in [0.717, 1.165) is 48.9 Å². The fourth-order valence-electron chi connectivity index (χ4n) is 6.60. The number of hydrogen-bond acceptors (Lipinski definition) is 2. The van der Waals surface area contributed by atoms with E-state index >= 15 is 0 Å². The molecule has 0 aromatic carbocycles. The van der Waals surface area contributed by atoms with Crippen molar-refractivity contribution in [2.24, 2.45) is 41.4 Å². The largest absolute Gasteiger partial charge is 0.396 e. The number of ketones is 1. The molecule has 7 atom stereocenters. The molecule has 0 aromatic rings. The summed E-state index contributed by atoms with van der Waals surface area (Å²) in [6.45, 7) is 2.84. The predicted octanol–water partition coefficient (Wildman–Crippen LogP) is 3.59. The minimum Gasteiger partial charge on any atom is -0.396 e. The molecule has 1 N–H and O–H groups in total. The summed E-state index contributed by atoms with van der Waals surface area (Å²) in [4.78, 5) is 11.7. The second-order valence-corrected chi connectivity index (χ2v) is 8.17. The van der Waals surface area contributed by atoms with Crippen molar-refractivity contribution in [3.05, 3.63) is 11.6 Å². The van der Waals surface area contributed by atoms with E-state index in [1.54, 1.807) is 0 Å². The smallest absolute Gasteiger partial charge is 0.155 e. The van der Waals surface area contributed by atoms with Crippen LogP contribution in [0.15, 0.2) is 11.6 Å². The third-order valence-corrected chi connectivity index (χ3v) is 7.36. The number of aliphatic hydroxyl groups excluding tert-OH is 1. The Morgan fingerprint density at radius 3 is 2.76 bits per heavy atom. The lowest BCUT2D eigenvalue weighted by Crippen LogP contribution is -2.46. The lowest BCUT2D eigenvalue weighted by molar-refractivity contribution is -0.116. The molecule has 0 unspecified atom stereocenters. The molecule has 21 heavy (non-hydrogen) atoms. The van der Waals surface area contributed by atoms with Crippen LogP contribution in [0.2, 0.25) is 0 Å². The van der Waals surface area contributed by atoms with Crippen LogP contribution in [0.3, 0.4) is 0 Å². The van der Waals surface area contributed by atoms with Crippen LogP contribution in [0.1, 0.15) is 51.9 Å². The Hall–Kier alpha value is -0.630. The monoisotopic (exact) mass is 288 g/mol. The Balaban J connectivity index is 1.62. The van der Waals surface area contributed by atoms with Crippen molar-refractivity contribution in [2.75, 3.05) is 6.61 Å². The number of carbonyl (C=O) groups is 1. The molecule has 0 saturated heterocycles. The van der Waals surface area contributed by atoms with E-state index in [9.17, 15) is 9.90 Å². The van der Waals surface area contributed by atoms with Crippen molar-refractivity contribution in [1.82, 2.24) is 0 Å². The van der Waals surface area contributed by atoms with Crippen LogP contribution < -0.4 is 0 Å². The molecule has 2 heteroatoms. The maximum atomic E-state index is 11.7. The highest BCUT2D eigenvalue weighted by Crippen LogP contribution is 2.59. The zero-order valence-corrected chi connectivity index (χ0v) is 13.1. The van der Waals surface area contributed by atoms with Gasteiger partial charge in [0.1, 0.15) is 0 Å². The summed E-state index contributed by atoms with van der Waals surface area (Å²) in [5, 5.41) is 9.66. The highest BCUT2D eigenvalue weighted by atomic mass is 16.3. The third kappa shape index (κ3) is 2.13. The third-order valence-electron chi connectivity index (χ3n) is 7.36. The molecular weight excluding hydrogens is 260 g/mol. The Kier molecular flexibility index (Phi) is 3.48. The van der Waals surface area contributed by atoms with E-state index in [0.29, 0.717) is 24.2 Å². The molecule has 4 aliphatic rings. The molecule has 0 radical (unpaired) electrons. The molecule has 4 aliphatic carbocycles.